The Morgan fingerprint density at radius 3 is 2.50 bits per heavy atom. The van der Waals surface area contributed by atoms with Gasteiger partial charge in [-0.15, -0.1) is 0 Å². The Bertz CT molecular complexity index is 1070. The van der Waals surface area contributed by atoms with E-state index in [1.807, 2.05) is 42.5 Å². The van der Waals surface area contributed by atoms with Gasteiger partial charge in [0.25, 0.3) is 5.91 Å². The molecule has 8 nitrogen and oxygen atoms in total. The smallest absolute Gasteiger partial charge is 0.332 e. The molecule has 0 aliphatic carbocycles. The normalized spacial score (nSPS) is 12.8. The highest BCUT2D eigenvalue weighted by Gasteiger charge is 2.23. The molecule has 0 aliphatic rings. The average Bonchev–Trinajstić information content (AvgIpc) is 3.23. The molecule has 168 valence electrons. The van der Waals surface area contributed by atoms with E-state index in [9.17, 15) is 14.7 Å². The molecule has 1 amide bonds. The van der Waals surface area contributed by atoms with Crippen molar-refractivity contribution >= 4 is 23.5 Å². The van der Waals surface area contributed by atoms with E-state index < -0.39 is 24.0 Å². The summed E-state index contributed by atoms with van der Waals surface area (Å²) in [5.41, 5.74) is 3.53. The number of halogens is 1. The van der Waals surface area contributed by atoms with E-state index in [-0.39, 0.29) is 18.7 Å². The Morgan fingerprint density at radius 1 is 1.09 bits per heavy atom. The lowest BCUT2D eigenvalue weighted by Crippen LogP contribution is -2.40. The van der Waals surface area contributed by atoms with Gasteiger partial charge in [-0.05, 0) is 41.3 Å². The molecule has 32 heavy (non-hydrogen) atoms. The van der Waals surface area contributed by atoms with Crippen molar-refractivity contribution in [3.05, 3.63) is 76.6 Å². The first-order valence-electron chi connectivity index (χ1n) is 10.1. The van der Waals surface area contributed by atoms with Crippen LogP contribution < -0.4 is 5.32 Å². The molecule has 3 rings (SSSR count). The van der Waals surface area contributed by atoms with Crippen LogP contribution in [0.4, 0.5) is 0 Å². The Morgan fingerprint density at radius 2 is 1.84 bits per heavy atom. The first-order valence-corrected chi connectivity index (χ1v) is 10.4. The van der Waals surface area contributed by atoms with E-state index in [4.69, 9.17) is 21.8 Å². The zero-order valence-electron chi connectivity index (χ0n) is 17.2. The standard InChI is InChI=1S/C23H24ClN3O5/c24-17-3-1-2-16(11-17)15-6-4-14(5-7-15)10-19(13-21(29)23(31)32)25-22(30)20-12-18(8-9-28)26-27-20/h1-7,11-12,19,21,28-29H,8-10,13H2,(H,25,30)(H,26,27)(H,31,32). The van der Waals surface area contributed by atoms with Crippen LogP contribution in [0.5, 0.6) is 0 Å². The van der Waals surface area contributed by atoms with Gasteiger partial charge in [0.1, 0.15) is 5.69 Å². The van der Waals surface area contributed by atoms with Crippen molar-refractivity contribution in [1.29, 1.82) is 0 Å². The van der Waals surface area contributed by atoms with Crippen LogP contribution in [-0.4, -0.2) is 56.1 Å². The predicted molar refractivity (Wildman–Crippen MR) is 119 cm³/mol. The summed E-state index contributed by atoms with van der Waals surface area (Å²) in [4.78, 5) is 23.7. The number of carboxylic acids is 1. The highest BCUT2D eigenvalue weighted by molar-refractivity contribution is 6.30. The Kier molecular flexibility index (Phi) is 7.99. The zero-order valence-corrected chi connectivity index (χ0v) is 17.9. The molecule has 0 saturated heterocycles. The molecule has 0 fully saturated rings. The number of carbonyl (C=O) groups is 2. The molecule has 3 aromatic rings. The predicted octanol–water partition coefficient (Wildman–Crippen LogP) is 2.44. The van der Waals surface area contributed by atoms with Crippen LogP contribution in [0.15, 0.2) is 54.6 Å². The van der Waals surface area contributed by atoms with Gasteiger partial charge in [0, 0.05) is 36.2 Å². The number of benzene rings is 2. The minimum Gasteiger partial charge on any atom is -0.479 e. The number of amides is 1. The second-order valence-corrected chi connectivity index (χ2v) is 7.86. The number of carbonyl (C=O) groups excluding carboxylic acids is 1. The summed E-state index contributed by atoms with van der Waals surface area (Å²) in [6, 6.07) is 16.0. The first kappa shape index (κ1) is 23.5. The van der Waals surface area contributed by atoms with Gasteiger partial charge in [0.05, 0.1) is 0 Å². The fraction of sp³-hybridized carbons (Fsp3) is 0.261. The minimum absolute atomic E-state index is 0.0815. The van der Waals surface area contributed by atoms with Gasteiger partial charge in [-0.1, -0.05) is 48.0 Å². The van der Waals surface area contributed by atoms with E-state index in [2.05, 4.69) is 15.5 Å². The van der Waals surface area contributed by atoms with Gasteiger partial charge in [0.15, 0.2) is 6.10 Å². The number of aliphatic hydroxyl groups is 2. The molecule has 9 heteroatoms. The fourth-order valence-corrected chi connectivity index (χ4v) is 3.53. The number of aliphatic carboxylic acids is 1. The minimum atomic E-state index is -1.62. The van der Waals surface area contributed by atoms with Gasteiger partial charge >= 0.3 is 5.97 Å². The Hall–Kier alpha value is -3.20. The maximum atomic E-state index is 12.6. The molecule has 0 bridgehead atoms. The summed E-state index contributed by atoms with van der Waals surface area (Å²) >= 11 is 6.06. The molecule has 1 heterocycles. The van der Waals surface area contributed by atoms with Crippen LogP contribution in [0.3, 0.4) is 0 Å². The van der Waals surface area contributed by atoms with Crippen molar-refractivity contribution in [2.24, 2.45) is 0 Å². The number of hydrogen-bond acceptors (Lipinski definition) is 5. The lowest BCUT2D eigenvalue weighted by atomic mass is 9.97. The topological polar surface area (TPSA) is 136 Å². The van der Waals surface area contributed by atoms with Crippen molar-refractivity contribution in [2.75, 3.05) is 6.61 Å². The van der Waals surface area contributed by atoms with Crippen molar-refractivity contribution in [3.63, 3.8) is 0 Å². The summed E-state index contributed by atoms with van der Waals surface area (Å²) in [6.45, 7) is -0.0815. The lowest BCUT2D eigenvalue weighted by Gasteiger charge is -2.20. The van der Waals surface area contributed by atoms with Gasteiger partial charge in [-0.3, -0.25) is 9.89 Å². The van der Waals surface area contributed by atoms with Crippen LogP contribution in [0.25, 0.3) is 11.1 Å². The monoisotopic (exact) mass is 457 g/mol. The number of hydrogen-bond donors (Lipinski definition) is 5. The van der Waals surface area contributed by atoms with Crippen LogP contribution >= 0.6 is 11.6 Å². The van der Waals surface area contributed by atoms with Crippen LogP contribution in [0.1, 0.15) is 28.2 Å². The maximum Gasteiger partial charge on any atom is 0.332 e. The number of H-pyrrole nitrogens is 1. The van der Waals surface area contributed by atoms with Crippen molar-refractivity contribution in [2.45, 2.75) is 31.4 Å². The van der Waals surface area contributed by atoms with Crippen LogP contribution in [0, 0.1) is 0 Å². The van der Waals surface area contributed by atoms with Gasteiger partial charge in [0.2, 0.25) is 0 Å². The molecule has 0 saturated carbocycles. The summed E-state index contributed by atoms with van der Waals surface area (Å²) < 4.78 is 0. The van der Waals surface area contributed by atoms with Gasteiger partial charge in [-0.25, -0.2) is 4.79 Å². The van der Waals surface area contributed by atoms with Crippen LogP contribution in [-0.2, 0) is 17.6 Å². The molecule has 0 spiro atoms. The summed E-state index contributed by atoms with van der Waals surface area (Å²) in [5, 5.41) is 37.9. The maximum absolute atomic E-state index is 12.6. The van der Waals surface area contributed by atoms with Gasteiger partial charge in [-0.2, -0.15) is 5.10 Å². The number of nitrogens with one attached hydrogen (secondary N) is 2. The third kappa shape index (κ3) is 6.40. The highest BCUT2D eigenvalue weighted by atomic mass is 35.5. The number of nitrogens with zero attached hydrogens (tertiary/aromatic N) is 1. The SMILES string of the molecule is O=C(NC(Cc1ccc(-c2cccc(Cl)c2)cc1)CC(O)C(=O)O)c1cc(CCO)[nH]n1. The van der Waals surface area contributed by atoms with Crippen molar-refractivity contribution < 1.29 is 24.9 Å². The fourth-order valence-electron chi connectivity index (χ4n) is 3.34. The van der Waals surface area contributed by atoms with E-state index in [0.29, 0.717) is 23.6 Å². The quantitative estimate of drug-likeness (QED) is 0.317. The third-order valence-electron chi connectivity index (χ3n) is 4.97. The summed E-state index contributed by atoms with van der Waals surface area (Å²) in [7, 11) is 0. The molecular weight excluding hydrogens is 434 g/mol. The molecular formula is C23H24ClN3O5. The average molecular weight is 458 g/mol. The second-order valence-electron chi connectivity index (χ2n) is 7.42. The molecule has 1 aromatic heterocycles. The molecule has 5 N–H and O–H groups in total. The third-order valence-corrected chi connectivity index (χ3v) is 5.20. The number of aliphatic hydroxyl groups excluding tert-OH is 2. The first-order chi connectivity index (χ1) is 15.4. The number of aromatic nitrogens is 2. The van der Waals surface area contributed by atoms with E-state index >= 15 is 0 Å². The Labute approximate surface area is 189 Å². The second kappa shape index (κ2) is 10.9. The largest absolute Gasteiger partial charge is 0.479 e. The van der Waals surface area contributed by atoms with Crippen LogP contribution in [0.2, 0.25) is 5.02 Å². The molecule has 2 atom stereocenters. The summed E-state index contributed by atoms with van der Waals surface area (Å²) in [5.74, 6) is -1.85. The summed E-state index contributed by atoms with van der Waals surface area (Å²) in [6.07, 6.45) is -1.12. The van der Waals surface area contributed by atoms with E-state index in [1.54, 1.807) is 6.07 Å². The zero-order chi connectivity index (χ0) is 23.1. The number of rotatable bonds is 10. The highest BCUT2D eigenvalue weighted by Crippen LogP contribution is 2.23. The Balaban J connectivity index is 1.73. The van der Waals surface area contributed by atoms with Crippen molar-refractivity contribution in [1.82, 2.24) is 15.5 Å². The van der Waals surface area contributed by atoms with Gasteiger partial charge < -0.3 is 20.6 Å². The molecule has 0 aliphatic heterocycles. The number of carboxylic acid groups (broad SMARTS) is 1. The molecule has 2 aromatic carbocycles. The van der Waals surface area contributed by atoms with E-state index in [0.717, 1.165) is 16.7 Å². The van der Waals surface area contributed by atoms with E-state index in [1.165, 1.54) is 6.07 Å². The van der Waals surface area contributed by atoms with Crippen molar-refractivity contribution in [3.8, 4) is 11.1 Å². The molecule has 0 radical (unpaired) electrons. The number of aromatic amines is 1. The molecule has 2 unspecified atom stereocenters. The lowest BCUT2D eigenvalue weighted by molar-refractivity contribution is -0.147.